The van der Waals surface area contributed by atoms with Gasteiger partial charge in [0.05, 0.1) is 21.3 Å². The van der Waals surface area contributed by atoms with E-state index in [1.807, 2.05) is 0 Å². The van der Waals surface area contributed by atoms with Crippen molar-refractivity contribution in [1.82, 2.24) is 9.97 Å². The fourth-order valence-electron chi connectivity index (χ4n) is 1.73. The molecule has 0 unspecified atom stereocenters. The highest BCUT2D eigenvalue weighted by Gasteiger charge is 2.18. The largest absolute Gasteiger partial charge is 0.496 e. The Bertz CT molecular complexity index is 590. The SMILES string of the molecule is COc1cc(OC)c(-c2nc(Cl)cc(Cl)n2)c(OC)c1. The highest BCUT2D eigenvalue weighted by Crippen LogP contribution is 2.40. The number of rotatable bonds is 4. The predicted molar refractivity (Wildman–Crippen MR) is 77.1 cm³/mol. The lowest BCUT2D eigenvalue weighted by atomic mass is 10.1. The van der Waals surface area contributed by atoms with Gasteiger partial charge in [-0.15, -0.1) is 0 Å². The molecule has 0 aliphatic carbocycles. The van der Waals surface area contributed by atoms with Crippen LogP contribution in [0.4, 0.5) is 0 Å². The van der Waals surface area contributed by atoms with Gasteiger partial charge in [0.15, 0.2) is 5.82 Å². The van der Waals surface area contributed by atoms with Gasteiger partial charge in [-0.1, -0.05) is 23.2 Å². The quantitative estimate of drug-likeness (QED) is 0.809. The third kappa shape index (κ3) is 2.89. The lowest BCUT2D eigenvalue weighted by molar-refractivity contribution is 0.377. The van der Waals surface area contributed by atoms with Crippen molar-refractivity contribution >= 4 is 23.2 Å². The molecule has 0 bridgehead atoms. The lowest BCUT2D eigenvalue weighted by Crippen LogP contribution is -1.98. The van der Waals surface area contributed by atoms with E-state index in [9.17, 15) is 0 Å². The van der Waals surface area contributed by atoms with Crippen LogP contribution in [0.25, 0.3) is 11.4 Å². The first-order valence-corrected chi connectivity index (χ1v) is 6.35. The van der Waals surface area contributed by atoms with Gasteiger partial charge in [-0.2, -0.15) is 0 Å². The summed E-state index contributed by atoms with van der Waals surface area (Å²) in [6.45, 7) is 0. The van der Waals surface area contributed by atoms with E-state index in [1.54, 1.807) is 19.2 Å². The fourth-order valence-corrected chi connectivity index (χ4v) is 2.15. The molecule has 1 heterocycles. The molecule has 1 aromatic carbocycles. The van der Waals surface area contributed by atoms with Crippen LogP contribution in [0, 0.1) is 0 Å². The van der Waals surface area contributed by atoms with Gasteiger partial charge in [0.25, 0.3) is 0 Å². The van der Waals surface area contributed by atoms with Crippen molar-refractivity contribution in [3.05, 3.63) is 28.5 Å². The molecule has 106 valence electrons. The molecule has 0 radical (unpaired) electrons. The molecule has 2 rings (SSSR count). The molecule has 0 N–H and O–H groups in total. The zero-order valence-electron chi connectivity index (χ0n) is 11.1. The molecule has 1 aromatic heterocycles. The average Bonchev–Trinajstić information content (AvgIpc) is 2.44. The Morgan fingerprint density at radius 1 is 0.800 bits per heavy atom. The van der Waals surface area contributed by atoms with E-state index in [1.165, 1.54) is 20.3 Å². The Balaban J connectivity index is 2.70. The summed E-state index contributed by atoms with van der Waals surface area (Å²) in [5.41, 5.74) is 0.556. The smallest absolute Gasteiger partial charge is 0.170 e. The van der Waals surface area contributed by atoms with Gasteiger partial charge in [-0.25, -0.2) is 9.97 Å². The van der Waals surface area contributed by atoms with Gasteiger partial charge < -0.3 is 14.2 Å². The highest BCUT2D eigenvalue weighted by atomic mass is 35.5. The van der Waals surface area contributed by atoms with E-state index in [0.717, 1.165) is 0 Å². The summed E-state index contributed by atoms with van der Waals surface area (Å²) in [5.74, 6) is 1.91. The summed E-state index contributed by atoms with van der Waals surface area (Å²) < 4.78 is 15.9. The molecule has 0 saturated heterocycles. The predicted octanol–water partition coefficient (Wildman–Crippen LogP) is 3.48. The summed E-state index contributed by atoms with van der Waals surface area (Å²) in [5, 5.41) is 0.472. The van der Waals surface area contributed by atoms with Crippen LogP contribution in [0.3, 0.4) is 0 Å². The summed E-state index contributed by atoms with van der Waals surface area (Å²) in [7, 11) is 4.62. The van der Waals surface area contributed by atoms with Crippen LogP contribution in [0.15, 0.2) is 18.2 Å². The van der Waals surface area contributed by atoms with E-state index < -0.39 is 0 Å². The van der Waals surface area contributed by atoms with Crippen LogP contribution in [-0.2, 0) is 0 Å². The number of halogens is 2. The minimum atomic E-state index is 0.236. The Morgan fingerprint density at radius 3 is 1.70 bits per heavy atom. The topological polar surface area (TPSA) is 53.5 Å². The maximum absolute atomic E-state index is 5.91. The van der Waals surface area contributed by atoms with Crippen LogP contribution < -0.4 is 14.2 Å². The number of aromatic nitrogens is 2. The van der Waals surface area contributed by atoms with Crippen LogP contribution in [0.2, 0.25) is 10.3 Å². The minimum absolute atomic E-state index is 0.236. The van der Waals surface area contributed by atoms with Crippen molar-refractivity contribution in [2.45, 2.75) is 0 Å². The fraction of sp³-hybridized carbons (Fsp3) is 0.231. The maximum atomic E-state index is 5.91. The van der Waals surface area contributed by atoms with Gasteiger partial charge in [0.1, 0.15) is 33.1 Å². The Morgan fingerprint density at radius 2 is 1.30 bits per heavy atom. The average molecular weight is 315 g/mol. The lowest BCUT2D eigenvalue weighted by Gasteiger charge is -2.14. The Labute approximate surface area is 126 Å². The van der Waals surface area contributed by atoms with E-state index in [2.05, 4.69) is 9.97 Å². The van der Waals surface area contributed by atoms with E-state index in [-0.39, 0.29) is 10.3 Å². The monoisotopic (exact) mass is 314 g/mol. The molecule has 7 heteroatoms. The third-order valence-corrected chi connectivity index (χ3v) is 2.99. The first-order valence-electron chi connectivity index (χ1n) is 5.59. The summed E-state index contributed by atoms with van der Waals surface area (Å²) >= 11 is 11.8. The molecule has 2 aromatic rings. The Hall–Kier alpha value is -1.72. The number of methoxy groups -OCH3 is 3. The summed E-state index contributed by atoms with van der Waals surface area (Å²) in [4.78, 5) is 8.29. The molecular formula is C13H12Cl2N2O3. The normalized spacial score (nSPS) is 10.2. The Kier molecular flexibility index (Phi) is 4.52. The van der Waals surface area contributed by atoms with Gasteiger partial charge >= 0.3 is 0 Å². The van der Waals surface area contributed by atoms with Gasteiger partial charge in [-0.05, 0) is 0 Å². The van der Waals surface area contributed by atoms with E-state index in [4.69, 9.17) is 37.4 Å². The molecule has 0 atom stereocenters. The molecular weight excluding hydrogens is 303 g/mol. The van der Waals surface area contributed by atoms with Crippen molar-refractivity contribution in [2.75, 3.05) is 21.3 Å². The molecule has 0 aliphatic heterocycles. The van der Waals surface area contributed by atoms with Crippen molar-refractivity contribution < 1.29 is 14.2 Å². The first kappa shape index (κ1) is 14.7. The molecule has 0 amide bonds. The van der Waals surface area contributed by atoms with Gasteiger partial charge in [-0.3, -0.25) is 0 Å². The minimum Gasteiger partial charge on any atom is -0.496 e. The number of nitrogens with zero attached hydrogens (tertiary/aromatic N) is 2. The van der Waals surface area contributed by atoms with Crippen molar-refractivity contribution in [3.8, 4) is 28.6 Å². The highest BCUT2D eigenvalue weighted by molar-refractivity contribution is 6.33. The number of benzene rings is 1. The van der Waals surface area contributed by atoms with Crippen LogP contribution >= 0.6 is 23.2 Å². The number of hydrogen-bond acceptors (Lipinski definition) is 5. The zero-order valence-corrected chi connectivity index (χ0v) is 12.6. The maximum Gasteiger partial charge on any atom is 0.170 e. The van der Waals surface area contributed by atoms with Gasteiger partial charge in [0.2, 0.25) is 0 Å². The number of hydrogen-bond donors (Lipinski definition) is 0. The second-order valence-electron chi connectivity index (χ2n) is 3.74. The van der Waals surface area contributed by atoms with E-state index in [0.29, 0.717) is 28.6 Å². The molecule has 5 nitrogen and oxygen atoms in total. The first-order chi connectivity index (χ1) is 9.58. The molecule has 0 aliphatic rings. The third-order valence-electron chi connectivity index (χ3n) is 2.60. The van der Waals surface area contributed by atoms with Crippen LogP contribution in [0.5, 0.6) is 17.2 Å². The van der Waals surface area contributed by atoms with Crippen molar-refractivity contribution in [1.29, 1.82) is 0 Å². The zero-order chi connectivity index (χ0) is 14.7. The molecule has 0 spiro atoms. The van der Waals surface area contributed by atoms with Crippen molar-refractivity contribution in [2.24, 2.45) is 0 Å². The number of ether oxygens (including phenoxy) is 3. The standard InChI is InChI=1S/C13H12Cl2N2O3/c1-18-7-4-8(19-2)12(9(5-7)20-3)13-16-10(14)6-11(15)17-13/h4-6H,1-3H3. The van der Waals surface area contributed by atoms with Crippen molar-refractivity contribution in [3.63, 3.8) is 0 Å². The van der Waals surface area contributed by atoms with E-state index >= 15 is 0 Å². The summed E-state index contributed by atoms with van der Waals surface area (Å²) in [6, 6.07) is 4.86. The van der Waals surface area contributed by atoms with Crippen LogP contribution in [-0.4, -0.2) is 31.3 Å². The molecule has 20 heavy (non-hydrogen) atoms. The summed E-state index contributed by atoms with van der Waals surface area (Å²) in [6.07, 6.45) is 0. The molecule has 0 fully saturated rings. The van der Waals surface area contributed by atoms with Crippen LogP contribution in [0.1, 0.15) is 0 Å². The second-order valence-corrected chi connectivity index (χ2v) is 4.52. The second kappa shape index (κ2) is 6.15. The molecule has 0 saturated carbocycles. The van der Waals surface area contributed by atoms with Gasteiger partial charge in [0, 0.05) is 18.2 Å².